The normalized spacial score (nSPS) is 10.2. The number of halogens is 2. The zero-order valence-corrected chi connectivity index (χ0v) is 16.6. The van der Waals surface area contributed by atoms with E-state index in [0.717, 1.165) is 0 Å². The molecule has 0 spiro atoms. The second-order valence-electron chi connectivity index (χ2n) is 6.14. The maximum Gasteiger partial charge on any atom is 0.259 e. The third kappa shape index (κ3) is 4.69. The van der Waals surface area contributed by atoms with Gasteiger partial charge in [-0.05, 0) is 54.4 Å². The Morgan fingerprint density at radius 1 is 0.714 bits per heavy atom. The average Bonchev–Trinajstić information content (AvgIpc) is 2.68. The van der Waals surface area contributed by atoms with Gasteiger partial charge in [-0.1, -0.05) is 65.7 Å². The second kappa shape index (κ2) is 8.87. The Kier molecular flexibility index (Phi) is 6.30. The average molecular weight is 410 g/mol. The quantitative estimate of drug-likeness (QED) is 0.318. The molecule has 0 unspecified atom stereocenters. The van der Waals surface area contributed by atoms with Gasteiger partial charge in [-0.3, -0.25) is 9.59 Å². The molecule has 0 aliphatic carbocycles. The van der Waals surface area contributed by atoms with Crippen molar-refractivity contribution in [2.24, 2.45) is 0 Å². The molecule has 3 rings (SSSR count). The van der Waals surface area contributed by atoms with E-state index < -0.39 is 5.91 Å². The van der Waals surface area contributed by atoms with Gasteiger partial charge in [0.25, 0.3) is 5.91 Å². The predicted octanol–water partition coefficient (Wildman–Crippen LogP) is 6.02. The number of benzene rings is 3. The monoisotopic (exact) mass is 409 g/mol. The first kappa shape index (κ1) is 19.9. The molecular weight excluding hydrogens is 393 g/mol. The summed E-state index contributed by atoms with van der Waals surface area (Å²) in [5, 5.41) is 3.93. The molecular formula is C23H17Cl2NO2. The van der Waals surface area contributed by atoms with Crippen LogP contribution in [0.25, 0.3) is 5.57 Å². The van der Waals surface area contributed by atoms with Crippen molar-refractivity contribution in [1.82, 2.24) is 0 Å². The highest BCUT2D eigenvalue weighted by molar-refractivity contribution is 6.31. The molecule has 0 saturated carbocycles. The lowest BCUT2D eigenvalue weighted by Gasteiger charge is -2.15. The fourth-order valence-corrected chi connectivity index (χ4v) is 3.10. The van der Waals surface area contributed by atoms with Crippen LogP contribution in [0, 0.1) is 0 Å². The van der Waals surface area contributed by atoms with E-state index >= 15 is 0 Å². The smallest absolute Gasteiger partial charge is 0.259 e. The van der Waals surface area contributed by atoms with Crippen LogP contribution in [-0.2, 0) is 9.59 Å². The van der Waals surface area contributed by atoms with Gasteiger partial charge >= 0.3 is 0 Å². The van der Waals surface area contributed by atoms with E-state index in [0.29, 0.717) is 32.4 Å². The van der Waals surface area contributed by atoms with E-state index in [1.165, 1.54) is 6.92 Å². The molecule has 0 radical (unpaired) electrons. The highest BCUT2D eigenvalue weighted by Crippen LogP contribution is 2.30. The summed E-state index contributed by atoms with van der Waals surface area (Å²) in [4.78, 5) is 25.6. The number of hydrogen-bond donors (Lipinski definition) is 1. The molecule has 3 aromatic rings. The fraction of sp³-hybridized carbons (Fsp3) is 0.0435. The summed E-state index contributed by atoms with van der Waals surface area (Å²) < 4.78 is 0. The van der Waals surface area contributed by atoms with Crippen LogP contribution in [0.15, 0.2) is 84.4 Å². The predicted molar refractivity (Wildman–Crippen MR) is 115 cm³/mol. The van der Waals surface area contributed by atoms with Gasteiger partial charge in [0.05, 0.1) is 5.57 Å². The summed E-state index contributed by atoms with van der Waals surface area (Å²) in [6.07, 6.45) is 0. The van der Waals surface area contributed by atoms with E-state index in [-0.39, 0.29) is 11.4 Å². The molecule has 5 heteroatoms. The molecule has 1 amide bonds. The standard InChI is InChI=1S/C23H17Cl2NO2/c1-15(27)21(23(28)26-20-5-3-2-4-6-20)22(16-7-11-18(24)12-8-16)17-9-13-19(25)14-10-17/h2-14H,1H3,(H,26,28). The van der Waals surface area contributed by atoms with Crippen molar-refractivity contribution in [2.45, 2.75) is 6.92 Å². The Morgan fingerprint density at radius 2 is 1.18 bits per heavy atom. The van der Waals surface area contributed by atoms with Gasteiger partial charge in [0, 0.05) is 21.3 Å². The first-order valence-electron chi connectivity index (χ1n) is 8.59. The summed E-state index contributed by atoms with van der Waals surface area (Å²) in [6.45, 7) is 1.38. The minimum atomic E-state index is -0.474. The number of Topliss-reactive ketones (excluding diaryl/α,β-unsaturated/α-hetero) is 1. The molecule has 0 aliphatic rings. The Hall–Kier alpha value is -2.88. The van der Waals surface area contributed by atoms with E-state index in [4.69, 9.17) is 23.2 Å². The second-order valence-corrected chi connectivity index (χ2v) is 7.01. The topological polar surface area (TPSA) is 46.2 Å². The molecule has 140 valence electrons. The summed E-state index contributed by atoms with van der Waals surface area (Å²) in [5.41, 5.74) is 2.61. The molecule has 3 nitrogen and oxygen atoms in total. The zero-order chi connectivity index (χ0) is 20.1. The molecule has 0 bridgehead atoms. The van der Waals surface area contributed by atoms with E-state index in [1.54, 1.807) is 60.7 Å². The lowest BCUT2D eigenvalue weighted by atomic mass is 9.91. The fourth-order valence-electron chi connectivity index (χ4n) is 2.85. The van der Waals surface area contributed by atoms with Crippen molar-refractivity contribution in [1.29, 1.82) is 0 Å². The van der Waals surface area contributed by atoms with Gasteiger partial charge < -0.3 is 5.32 Å². The third-order valence-corrected chi connectivity index (χ3v) is 4.63. The number of carbonyl (C=O) groups is 2. The molecule has 0 atom stereocenters. The highest BCUT2D eigenvalue weighted by Gasteiger charge is 2.22. The first-order valence-corrected chi connectivity index (χ1v) is 9.35. The number of para-hydroxylation sites is 1. The van der Waals surface area contributed by atoms with E-state index in [9.17, 15) is 9.59 Å². The van der Waals surface area contributed by atoms with Crippen LogP contribution in [0.4, 0.5) is 5.69 Å². The molecule has 0 aromatic heterocycles. The number of anilines is 1. The number of nitrogens with one attached hydrogen (secondary N) is 1. The number of ketones is 1. The Labute approximate surface area is 173 Å². The zero-order valence-electron chi connectivity index (χ0n) is 15.1. The Balaban J connectivity index is 2.18. The van der Waals surface area contributed by atoms with Crippen molar-refractivity contribution >= 4 is 46.2 Å². The van der Waals surface area contributed by atoms with E-state index in [1.807, 2.05) is 18.2 Å². The summed E-state index contributed by atoms with van der Waals surface area (Å²) in [5.74, 6) is -0.813. The number of carbonyl (C=O) groups excluding carboxylic acids is 2. The maximum atomic E-state index is 13.0. The van der Waals surface area contributed by atoms with Gasteiger partial charge in [0.2, 0.25) is 0 Å². The minimum Gasteiger partial charge on any atom is -0.322 e. The Bertz CT molecular complexity index is 977. The molecule has 1 N–H and O–H groups in total. The van der Waals surface area contributed by atoms with Crippen LogP contribution in [0.5, 0.6) is 0 Å². The Morgan fingerprint density at radius 3 is 1.61 bits per heavy atom. The third-order valence-electron chi connectivity index (χ3n) is 4.13. The highest BCUT2D eigenvalue weighted by atomic mass is 35.5. The number of hydrogen-bond acceptors (Lipinski definition) is 2. The minimum absolute atomic E-state index is 0.0634. The van der Waals surface area contributed by atoms with Gasteiger partial charge in [-0.25, -0.2) is 0 Å². The molecule has 0 saturated heterocycles. The SMILES string of the molecule is CC(=O)C(C(=O)Nc1ccccc1)=C(c1ccc(Cl)cc1)c1ccc(Cl)cc1. The maximum absolute atomic E-state index is 13.0. The van der Waals surface area contributed by atoms with Crippen molar-refractivity contribution in [3.8, 4) is 0 Å². The van der Waals surface area contributed by atoms with Crippen molar-refractivity contribution in [3.05, 3.63) is 106 Å². The first-order chi connectivity index (χ1) is 13.5. The van der Waals surface area contributed by atoms with Crippen LogP contribution in [0.2, 0.25) is 10.0 Å². The van der Waals surface area contributed by atoms with Crippen molar-refractivity contribution < 1.29 is 9.59 Å². The molecule has 3 aromatic carbocycles. The van der Waals surface area contributed by atoms with Gasteiger partial charge in [0.1, 0.15) is 0 Å². The van der Waals surface area contributed by atoms with Crippen LogP contribution in [0.3, 0.4) is 0 Å². The van der Waals surface area contributed by atoms with Crippen LogP contribution < -0.4 is 5.32 Å². The lowest BCUT2D eigenvalue weighted by Crippen LogP contribution is -2.21. The van der Waals surface area contributed by atoms with Crippen LogP contribution in [0.1, 0.15) is 18.1 Å². The molecule has 0 aliphatic heterocycles. The van der Waals surface area contributed by atoms with Gasteiger partial charge in [0.15, 0.2) is 5.78 Å². The van der Waals surface area contributed by atoms with Crippen molar-refractivity contribution in [2.75, 3.05) is 5.32 Å². The van der Waals surface area contributed by atoms with Crippen LogP contribution >= 0.6 is 23.2 Å². The number of amides is 1. The molecule has 0 fully saturated rings. The van der Waals surface area contributed by atoms with Gasteiger partial charge in [-0.2, -0.15) is 0 Å². The summed E-state index contributed by atoms with van der Waals surface area (Å²) in [6, 6.07) is 23.0. The summed E-state index contributed by atoms with van der Waals surface area (Å²) in [7, 11) is 0. The number of rotatable bonds is 5. The van der Waals surface area contributed by atoms with Gasteiger partial charge in [-0.15, -0.1) is 0 Å². The van der Waals surface area contributed by atoms with Crippen molar-refractivity contribution in [3.63, 3.8) is 0 Å². The van der Waals surface area contributed by atoms with Crippen LogP contribution in [-0.4, -0.2) is 11.7 Å². The van der Waals surface area contributed by atoms with E-state index in [2.05, 4.69) is 5.32 Å². The molecule has 0 heterocycles. The molecule has 28 heavy (non-hydrogen) atoms. The summed E-state index contributed by atoms with van der Waals surface area (Å²) >= 11 is 12.0. The largest absolute Gasteiger partial charge is 0.322 e. The lowest BCUT2D eigenvalue weighted by molar-refractivity contribution is -0.118.